The van der Waals surface area contributed by atoms with Crippen LogP contribution in [0.3, 0.4) is 0 Å². The minimum Gasteiger partial charge on any atom is -0.497 e. The van der Waals surface area contributed by atoms with Crippen LogP contribution in [0.5, 0.6) is 5.75 Å². The van der Waals surface area contributed by atoms with Crippen molar-refractivity contribution in [2.24, 2.45) is 0 Å². The van der Waals surface area contributed by atoms with Crippen LogP contribution < -0.4 is 9.64 Å². The van der Waals surface area contributed by atoms with Crippen LogP contribution in [-0.4, -0.2) is 30.3 Å². The minimum absolute atomic E-state index is 0.393. The number of amides is 2. The van der Waals surface area contributed by atoms with E-state index in [4.69, 9.17) is 9.47 Å². The molecule has 0 fully saturated rings. The number of carbonyl (C=O) groups is 2. The van der Waals surface area contributed by atoms with E-state index in [2.05, 4.69) is 0 Å². The van der Waals surface area contributed by atoms with E-state index in [9.17, 15) is 14.7 Å². The third-order valence-electron chi connectivity index (χ3n) is 5.92. The Labute approximate surface area is 185 Å². The van der Waals surface area contributed by atoms with Crippen LogP contribution in [-0.2, 0) is 9.53 Å². The van der Waals surface area contributed by atoms with Crippen LogP contribution in [0.15, 0.2) is 78.9 Å². The molecule has 0 aromatic heterocycles. The molecule has 0 bridgehead atoms. The van der Waals surface area contributed by atoms with Crippen molar-refractivity contribution in [3.05, 3.63) is 101 Å². The summed E-state index contributed by atoms with van der Waals surface area (Å²) in [5.74, 6) is -0.338. The number of anilines is 1. The normalized spacial score (nSPS) is 21.1. The highest BCUT2D eigenvalue weighted by Crippen LogP contribution is 2.42. The predicted molar refractivity (Wildman–Crippen MR) is 119 cm³/mol. The van der Waals surface area contributed by atoms with Gasteiger partial charge >= 0.3 is 6.09 Å². The molecule has 3 aromatic rings. The van der Waals surface area contributed by atoms with Gasteiger partial charge in [0.15, 0.2) is 6.10 Å². The number of para-hydroxylation sites is 1. The van der Waals surface area contributed by atoms with E-state index in [-0.39, 0.29) is 0 Å². The molecular formula is C26H21NO5. The zero-order valence-corrected chi connectivity index (χ0v) is 17.3. The van der Waals surface area contributed by atoms with Crippen molar-refractivity contribution in [1.29, 1.82) is 0 Å². The molecule has 1 aliphatic heterocycles. The summed E-state index contributed by atoms with van der Waals surface area (Å²) in [6.07, 6.45) is 0.729. The number of hydrogen-bond acceptors (Lipinski definition) is 5. The molecule has 3 atom stereocenters. The van der Waals surface area contributed by atoms with E-state index in [0.717, 1.165) is 21.6 Å². The first-order valence-corrected chi connectivity index (χ1v) is 10.3. The summed E-state index contributed by atoms with van der Waals surface area (Å²) in [6.45, 7) is 0. The minimum atomic E-state index is -1.01. The number of benzene rings is 3. The number of hydrogen-bond donors (Lipinski definition) is 1. The Bertz CT molecular complexity index is 1220. The molecule has 0 saturated carbocycles. The lowest BCUT2D eigenvalue weighted by molar-refractivity contribution is -0.118. The first-order valence-electron chi connectivity index (χ1n) is 10.3. The highest BCUT2D eigenvalue weighted by molar-refractivity contribution is 6.20. The van der Waals surface area contributed by atoms with Gasteiger partial charge in [-0.15, -0.1) is 0 Å². The van der Waals surface area contributed by atoms with E-state index in [1.165, 1.54) is 0 Å². The number of imide groups is 1. The van der Waals surface area contributed by atoms with Gasteiger partial charge in [0.05, 0.1) is 18.7 Å². The molecule has 3 aromatic carbocycles. The summed E-state index contributed by atoms with van der Waals surface area (Å²) in [5.41, 5.74) is 3.51. The fraction of sp³-hybridized carbons (Fsp3) is 0.154. The van der Waals surface area contributed by atoms with E-state index in [1.807, 2.05) is 42.5 Å². The van der Waals surface area contributed by atoms with Gasteiger partial charge in [-0.3, -0.25) is 4.79 Å². The summed E-state index contributed by atoms with van der Waals surface area (Å²) in [7, 11) is 1.58. The second-order valence-corrected chi connectivity index (χ2v) is 7.72. The lowest BCUT2D eigenvalue weighted by Crippen LogP contribution is -2.39. The molecular weight excluding hydrogens is 406 g/mol. The zero-order valence-electron chi connectivity index (χ0n) is 17.3. The standard InChI is InChI=1S/C26H21NO5/c1-31-18-13-10-17(11-14-18)23-20-8-4-5-9-21(20)27(25(23)29)26(30)32-22-15-12-16-6-2-3-7-19(16)24(22)28/h2-15,22-24,28H,1H3. The number of carbonyl (C=O) groups excluding carboxylic acids is 2. The third-order valence-corrected chi connectivity index (χ3v) is 5.92. The molecule has 0 radical (unpaired) electrons. The maximum absolute atomic E-state index is 13.4. The SMILES string of the molecule is COc1ccc(C2C(=O)N(C(=O)OC3C=Cc4ccccc4C3O)c3ccccc32)cc1. The molecule has 32 heavy (non-hydrogen) atoms. The van der Waals surface area contributed by atoms with Crippen LogP contribution in [0, 0.1) is 0 Å². The number of aliphatic hydroxyl groups is 1. The summed E-state index contributed by atoms with van der Waals surface area (Å²) in [5, 5.41) is 10.7. The van der Waals surface area contributed by atoms with Gasteiger partial charge < -0.3 is 14.6 Å². The molecule has 3 unspecified atom stereocenters. The van der Waals surface area contributed by atoms with Crippen LogP contribution in [0.1, 0.15) is 34.3 Å². The number of methoxy groups -OCH3 is 1. The van der Waals surface area contributed by atoms with E-state index < -0.39 is 30.1 Å². The van der Waals surface area contributed by atoms with Crippen LogP contribution in [0.25, 0.3) is 6.08 Å². The second kappa shape index (κ2) is 7.98. The average Bonchev–Trinajstić information content (AvgIpc) is 3.13. The zero-order chi connectivity index (χ0) is 22.2. The Morgan fingerprint density at radius 3 is 2.38 bits per heavy atom. The largest absolute Gasteiger partial charge is 0.497 e. The van der Waals surface area contributed by atoms with Gasteiger partial charge in [-0.2, -0.15) is 0 Å². The molecule has 1 N–H and O–H groups in total. The molecule has 1 heterocycles. The molecule has 0 saturated heterocycles. The third kappa shape index (κ3) is 3.25. The van der Waals surface area contributed by atoms with Gasteiger partial charge in [-0.1, -0.05) is 60.7 Å². The summed E-state index contributed by atoms with van der Waals surface area (Å²) < 4.78 is 10.8. The summed E-state index contributed by atoms with van der Waals surface area (Å²) in [4.78, 5) is 27.6. The smallest absolute Gasteiger partial charge is 0.421 e. The number of rotatable bonds is 3. The van der Waals surface area contributed by atoms with Crippen molar-refractivity contribution in [1.82, 2.24) is 0 Å². The lowest BCUT2D eigenvalue weighted by Gasteiger charge is -2.27. The summed E-state index contributed by atoms with van der Waals surface area (Å²) >= 11 is 0. The number of nitrogens with zero attached hydrogens (tertiary/aromatic N) is 1. The predicted octanol–water partition coefficient (Wildman–Crippen LogP) is 4.44. The van der Waals surface area contributed by atoms with Crippen molar-refractivity contribution in [3.63, 3.8) is 0 Å². The topological polar surface area (TPSA) is 76.1 Å². The van der Waals surface area contributed by atoms with Gasteiger partial charge in [-0.25, -0.2) is 9.69 Å². The highest BCUT2D eigenvalue weighted by Gasteiger charge is 2.43. The Hall–Kier alpha value is -3.90. The molecule has 0 spiro atoms. The van der Waals surface area contributed by atoms with Gasteiger partial charge in [-0.05, 0) is 46.5 Å². The Balaban J connectivity index is 1.43. The number of aliphatic hydroxyl groups excluding tert-OH is 1. The van der Waals surface area contributed by atoms with Crippen molar-refractivity contribution < 1.29 is 24.2 Å². The Morgan fingerprint density at radius 2 is 1.62 bits per heavy atom. The van der Waals surface area contributed by atoms with Crippen LogP contribution in [0.2, 0.25) is 0 Å². The number of ether oxygens (including phenoxy) is 2. The van der Waals surface area contributed by atoms with Crippen molar-refractivity contribution in [2.45, 2.75) is 18.1 Å². The summed E-state index contributed by atoms with van der Waals surface area (Å²) in [6, 6.07) is 21.7. The van der Waals surface area contributed by atoms with Gasteiger partial charge in [0.1, 0.15) is 11.9 Å². The fourth-order valence-electron chi connectivity index (χ4n) is 4.31. The second-order valence-electron chi connectivity index (χ2n) is 7.72. The average molecular weight is 427 g/mol. The number of fused-ring (bicyclic) bond motifs is 2. The first kappa shape index (κ1) is 20.0. The highest BCUT2D eigenvalue weighted by atomic mass is 16.6. The van der Waals surface area contributed by atoms with Crippen molar-refractivity contribution in [2.75, 3.05) is 12.0 Å². The molecule has 6 nitrogen and oxygen atoms in total. The Morgan fingerprint density at radius 1 is 0.938 bits per heavy atom. The van der Waals surface area contributed by atoms with E-state index in [1.54, 1.807) is 49.6 Å². The molecule has 5 rings (SSSR count). The Kier molecular flexibility index (Phi) is 4.99. The molecule has 2 aliphatic rings. The van der Waals surface area contributed by atoms with Crippen molar-refractivity contribution >= 4 is 23.8 Å². The monoisotopic (exact) mass is 427 g/mol. The molecule has 2 amide bonds. The maximum atomic E-state index is 13.4. The van der Waals surface area contributed by atoms with Crippen molar-refractivity contribution in [3.8, 4) is 5.75 Å². The quantitative estimate of drug-likeness (QED) is 0.669. The fourth-order valence-corrected chi connectivity index (χ4v) is 4.31. The molecule has 1 aliphatic carbocycles. The maximum Gasteiger partial charge on any atom is 0.421 e. The van der Waals surface area contributed by atoms with Gasteiger partial charge in [0.2, 0.25) is 5.91 Å². The molecule has 160 valence electrons. The van der Waals surface area contributed by atoms with E-state index >= 15 is 0 Å². The van der Waals surface area contributed by atoms with E-state index in [0.29, 0.717) is 17.0 Å². The van der Waals surface area contributed by atoms with Crippen LogP contribution in [0.4, 0.5) is 10.5 Å². The van der Waals surface area contributed by atoms with Crippen LogP contribution >= 0.6 is 0 Å². The first-order chi connectivity index (χ1) is 15.6. The van der Waals surface area contributed by atoms with Gasteiger partial charge in [0.25, 0.3) is 0 Å². The van der Waals surface area contributed by atoms with Gasteiger partial charge in [0, 0.05) is 0 Å². The lowest BCUT2D eigenvalue weighted by atomic mass is 9.92. The molecule has 6 heteroatoms.